The maximum atomic E-state index is 13.6. The SMILES string of the molecule is CCC1=C(c2ccc(Br)s2)N(c2ccc(Cl)cc2Cl)CC(C)=C1C(=O)N[C@H](C)c1ccccc1. The normalized spacial score (nSPS) is 15.1. The van der Waals surface area contributed by atoms with Crippen LogP contribution in [0.2, 0.25) is 10.0 Å². The Morgan fingerprint density at radius 2 is 1.88 bits per heavy atom. The second-order valence-electron chi connectivity index (χ2n) is 8.23. The van der Waals surface area contributed by atoms with E-state index in [9.17, 15) is 4.79 Å². The molecule has 0 aliphatic carbocycles. The van der Waals surface area contributed by atoms with Crippen LogP contribution in [0, 0.1) is 0 Å². The molecule has 1 aliphatic heterocycles. The van der Waals surface area contributed by atoms with Gasteiger partial charge in [0.1, 0.15) is 0 Å². The van der Waals surface area contributed by atoms with Crippen LogP contribution in [-0.2, 0) is 4.79 Å². The van der Waals surface area contributed by atoms with E-state index in [2.05, 4.69) is 39.1 Å². The van der Waals surface area contributed by atoms with Crippen molar-refractivity contribution in [3.8, 4) is 0 Å². The highest BCUT2D eigenvalue weighted by Crippen LogP contribution is 2.44. The Morgan fingerprint density at radius 1 is 1.15 bits per heavy atom. The van der Waals surface area contributed by atoms with E-state index in [1.54, 1.807) is 17.4 Å². The Bertz CT molecular complexity index is 1280. The summed E-state index contributed by atoms with van der Waals surface area (Å²) < 4.78 is 1.03. The molecule has 3 nitrogen and oxygen atoms in total. The third-order valence-electron chi connectivity index (χ3n) is 5.91. The average molecular weight is 576 g/mol. The van der Waals surface area contributed by atoms with Crippen molar-refractivity contribution < 1.29 is 4.79 Å². The molecule has 4 rings (SSSR count). The van der Waals surface area contributed by atoms with Crippen molar-refractivity contribution in [3.63, 3.8) is 0 Å². The van der Waals surface area contributed by atoms with Gasteiger partial charge in [0.15, 0.2) is 0 Å². The summed E-state index contributed by atoms with van der Waals surface area (Å²) >= 11 is 18.1. The Hall–Kier alpha value is -2.05. The number of thiophene rings is 1. The molecule has 0 radical (unpaired) electrons. The van der Waals surface area contributed by atoms with Gasteiger partial charge in [-0.25, -0.2) is 0 Å². The van der Waals surface area contributed by atoms with Gasteiger partial charge in [-0.05, 0) is 83.2 Å². The zero-order valence-corrected chi connectivity index (χ0v) is 23.1. The van der Waals surface area contributed by atoms with Crippen molar-refractivity contribution in [1.29, 1.82) is 0 Å². The lowest BCUT2D eigenvalue weighted by Gasteiger charge is -2.36. The van der Waals surface area contributed by atoms with Crippen LogP contribution < -0.4 is 10.2 Å². The number of halogens is 3. The number of rotatable bonds is 6. The minimum atomic E-state index is -0.102. The first kappa shape index (κ1) is 25.1. The first-order valence-corrected chi connectivity index (χ1v) is 13.4. The van der Waals surface area contributed by atoms with Crippen molar-refractivity contribution in [3.05, 3.63) is 102 Å². The first-order valence-electron chi connectivity index (χ1n) is 11.1. The van der Waals surface area contributed by atoms with Gasteiger partial charge in [0.05, 0.1) is 31.1 Å². The van der Waals surface area contributed by atoms with Gasteiger partial charge in [-0.15, -0.1) is 11.3 Å². The van der Waals surface area contributed by atoms with E-state index in [1.807, 2.05) is 62.4 Å². The second kappa shape index (κ2) is 10.7. The minimum absolute atomic E-state index is 0.0549. The maximum Gasteiger partial charge on any atom is 0.252 e. The van der Waals surface area contributed by atoms with Crippen LogP contribution in [-0.4, -0.2) is 12.5 Å². The van der Waals surface area contributed by atoms with E-state index in [0.29, 0.717) is 23.0 Å². The van der Waals surface area contributed by atoms with E-state index in [0.717, 1.165) is 42.3 Å². The summed E-state index contributed by atoms with van der Waals surface area (Å²) in [6.07, 6.45) is 0.701. The highest BCUT2D eigenvalue weighted by atomic mass is 79.9. The predicted molar refractivity (Wildman–Crippen MR) is 149 cm³/mol. The van der Waals surface area contributed by atoms with E-state index in [1.165, 1.54) is 0 Å². The van der Waals surface area contributed by atoms with E-state index < -0.39 is 0 Å². The summed E-state index contributed by atoms with van der Waals surface area (Å²) in [5.41, 5.74) is 5.70. The second-order valence-corrected chi connectivity index (χ2v) is 11.5. The average Bonchev–Trinajstić information content (AvgIpc) is 3.24. The van der Waals surface area contributed by atoms with Crippen LogP contribution >= 0.6 is 50.5 Å². The maximum absolute atomic E-state index is 13.6. The summed E-state index contributed by atoms with van der Waals surface area (Å²) in [6, 6.07) is 19.6. The smallest absolute Gasteiger partial charge is 0.252 e. The minimum Gasteiger partial charge on any atom is -0.346 e. The van der Waals surface area contributed by atoms with Gasteiger partial charge in [0, 0.05) is 17.1 Å². The van der Waals surface area contributed by atoms with Gasteiger partial charge < -0.3 is 10.2 Å². The lowest BCUT2D eigenvalue weighted by molar-refractivity contribution is -0.118. The van der Waals surface area contributed by atoms with Crippen LogP contribution in [0.4, 0.5) is 5.69 Å². The molecule has 1 N–H and O–H groups in total. The molecule has 176 valence electrons. The molecule has 2 aromatic carbocycles. The first-order chi connectivity index (χ1) is 16.3. The number of carbonyl (C=O) groups excluding carboxylic acids is 1. The molecule has 2 heterocycles. The summed E-state index contributed by atoms with van der Waals surface area (Å²) in [5.74, 6) is -0.0549. The molecule has 0 bridgehead atoms. The standard InChI is InChI=1S/C27H25BrCl2N2OS/c1-4-20-25(27(33)31-17(3)18-8-6-5-7-9-18)16(2)15-32(22-11-10-19(29)14-21(22)30)26(20)23-12-13-24(28)34-23/h5-14,17H,4,15H2,1-3H3,(H,31,33)/t17-/m1/s1. The topological polar surface area (TPSA) is 32.3 Å². The van der Waals surface area contributed by atoms with Crippen molar-refractivity contribution in [2.75, 3.05) is 11.4 Å². The van der Waals surface area contributed by atoms with Crippen LogP contribution in [0.1, 0.15) is 43.7 Å². The molecular weight excluding hydrogens is 551 g/mol. The number of anilines is 1. The van der Waals surface area contributed by atoms with E-state index in [-0.39, 0.29) is 11.9 Å². The van der Waals surface area contributed by atoms with Gasteiger partial charge in [-0.3, -0.25) is 4.79 Å². The van der Waals surface area contributed by atoms with Crippen LogP contribution in [0.25, 0.3) is 5.70 Å². The van der Waals surface area contributed by atoms with Gasteiger partial charge >= 0.3 is 0 Å². The molecule has 7 heteroatoms. The highest BCUT2D eigenvalue weighted by Gasteiger charge is 2.32. The number of amides is 1. The zero-order valence-electron chi connectivity index (χ0n) is 19.2. The summed E-state index contributed by atoms with van der Waals surface area (Å²) in [4.78, 5) is 16.9. The van der Waals surface area contributed by atoms with Crippen LogP contribution in [0.15, 0.2) is 81.2 Å². The molecule has 0 spiro atoms. The molecule has 1 aromatic heterocycles. The molecule has 3 aromatic rings. The van der Waals surface area contributed by atoms with E-state index in [4.69, 9.17) is 23.2 Å². The molecule has 34 heavy (non-hydrogen) atoms. The Labute approximate surface area is 223 Å². The molecular formula is C27H25BrCl2N2OS. The highest BCUT2D eigenvalue weighted by molar-refractivity contribution is 9.11. The Kier molecular flexibility index (Phi) is 7.88. The van der Waals surface area contributed by atoms with Crippen molar-refractivity contribution in [2.45, 2.75) is 33.2 Å². The van der Waals surface area contributed by atoms with Gasteiger partial charge in [-0.2, -0.15) is 0 Å². The number of nitrogens with one attached hydrogen (secondary N) is 1. The van der Waals surface area contributed by atoms with Gasteiger partial charge in [-0.1, -0.05) is 60.5 Å². The number of carbonyl (C=O) groups is 1. The molecule has 0 unspecified atom stereocenters. The van der Waals surface area contributed by atoms with Crippen LogP contribution in [0.5, 0.6) is 0 Å². The third-order valence-corrected chi connectivity index (χ3v) is 8.08. The van der Waals surface area contributed by atoms with Crippen molar-refractivity contribution in [1.82, 2.24) is 5.32 Å². The lowest BCUT2D eigenvalue weighted by Crippen LogP contribution is -2.35. The van der Waals surface area contributed by atoms with Crippen LogP contribution in [0.3, 0.4) is 0 Å². The molecule has 1 aliphatic rings. The van der Waals surface area contributed by atoms with Crippen molar-refractivity contribution in [2.24, 2.45) is 0 Å². The summed E-state index contributed by atoms with van der Waals surface area (Å²) in [7, 11) is 0. The number of hydrogen-bond donors (Lipinski definition) is 1. The van der Waals surface area contributed by atoms with E-state index >= 15 is 0 Å². The van der Waals surface area contributed by atoms with Gasteiger partial charge in [0.2, 0.25) is 0 Å². The summed E-state index contributed by atoms with van der Waals surface area (Å²) in [5, 5.41) is 4.38. The Balaban J connectivity index is 1.80. The fourth-order valence-electron chi connectivity index (χ4n) is 4.33. The number of nitrogens with zero attached hydrogens (tertiary/aromatic N) is 1. The molecule has 0 saturated heterocycles. The zero-order chi connectivity index (χ0) is 24.4. The van der Waals surface area contributed by atoms with Crippen molar-refractivity contribution >= 4 is 67.8 Å². The monoisotopic (exact) mass is 574 g/mol. The number of benzene rings is 2. The summed E-state index contributed by atoms with van der Waals surface area (Å²) in [6.45, 7) is 6.68. The lowest BCUT2D eigenvalue weighted by atomic mass is 9.90. The Morgan fingerprint density at radius 3 is 2.50 bits per heavy atom. The predicted octanol–water partition coefficient (Wildman–Crippen LogP) is 8.65. The number of hydrogen-bond acceptors (Lipinski definition) is 3. The largest absolute Gasteiger partial charge is 0.346 e. The fourth-order valence-corrected chi connectivity index (χ4v) is 6.31. The fraction of sp³-hybridized carbons (Fsp3) is 0.222. The quantitative estimate of drug-likeness (QED) is 0.319. The molecule has 0 fully saturated rings. The third kappa shape index (κ3) is 5.13. The van der Waals surface area contributed by atoms with Gasteiger partial charge in [0.25, 0.3) is 5.91 Å². The molecule has 1 atom stereocenters. The molecule has 1 amide bonds. The molecule has 0 saturated carbocycles.